The lowest BCUT2D eigenvalue weighted by atomic mass is 10.3. The highest BCUT2D eigenvalue weighted by Gasteiger charge is 2.03. The van der Waals surface area contributed by atoms with Crippen molar-refractivity contribution < 1.29 is 19.2 Å². The molecule has 0 bridgehead atoms. The van der Waals surface area contributed by atoms with E-state index in [1.165, 1.54) is 6.92 Å². The molecule has 0 aliphatic heterocycles. The Morgan fingerprint density at radius 1 is 1.30 bits per heavy atom. The van der Waals surface area contributed by atoms with Crippen LogP contribution in [0.15, 0.2) is 53.0 Å². The Bertz CT molecular complexity index is 589. The number of hydroxylamine groups is 2. The Hall–Kier alpha value is -2.53. The van der Waals surface area contributed by atoms with Gasteiger partial charge in [0.05, 0.1) is 6.54 Å². The number of rotatable bonds is 5. The second kappa shape index (κ2) is 6.58. The minimum absolute atomic E-state index is 0.102. The number of hydrogen-bond donors (Lipinski definition) is 1. The zero-order valence-electron chi connectivity index (χ0n) is 11.0. The largest absolute Gasteiger partial charge is 0.426 e. The van der Waals surface area contributed by atoms with Gasteiger partial charge in [0.25, 0.3) is 5.95 Å². The molecule has 0 aliphatic rings. The predicted octanol–water partition coefficient (Wildman–Crippen LogP) is 3.32. The minimum atomic E-state index is -0.415. The van der Waals surface area contributed by atoms with E-state index in [0.717, 1.165) is 0 Å². The topological polar surface area (TPSA) is 62.9 Å². The summed E-state index contributed by atoms with van der Waals surface area (Å²) in [7, 11) is 0. The van der Waals surface area contributed by atoms with Gasteiger partial charge in [0.2, 0.25) is 5.91 Å². The fraction of sp³-hybridized carbons (Fsp3) is 0.133. The van der Waals surface area contributed by atoms with Gasteiger partial charge in [0.1, 0.15) is 11.5 Å². The van der Waals surface area contributed by atoms with Crippen LogP contribution < -0.4 is 4.74 Å². The van der Waals surface area contributed by atoms with Gasteiger partial charge in [-0.2, -0.15) is 0 Å². The fourth-order valence-electron chi connectivity index (χ4n) is 1.48. The van der Waals surface area contributed by atoms with Crippen molar-refractivity contribution >= 4 is 12.0 Å². The number of para-hydroxylation sites is 1. The average molecular weight is 273 g/mol. The van der Waals surface area contributed by atoms with Crippen LogP contribution in [0.4, 0.5) is 0 Å². The molecule has 0 fully saturated rings. The third-order valence-corrected chi connectivity index (χ3v) is 2.49. The maximum Gasteiger partial charge on any atom is 0.290 e. The molecular weight excluding hydrogens is 258 g/mol. The summed E-state index contributed by atoms with van der Waals surface area (Å²) in [5.74, 6) is 1.23. The van der Waals surface area contributed by atoms with E-state index >= 15 is 0 Å². The lowest BCUT2D eigenvalue weighted by molar-refractivity contribution is -0.160. The Balaban J connectivity index is 1.92. The quantitative estimate of drug-likeness (QED) is 0.670. The van der Waals surface area contributed by atoms with Crippen molar-refractivity contribution in [1.29, 1.82) is 0 Å². The fourth-order valence-corrected chi connectivity index (χ4v) is 1.48. The summed E-state index contributed by atoms with van der Waals surface area (Å²) in [6.07, 6.45) is 3.27. The number of nitrogens with zero attached hydrogens (tertiary/aromatic N) is 1. The summed E-state index contributed by atoms with van der Waals surface area (Å²) in [6, 6.07) is 12.7. The minimum Gasteiger partial charge on any atom is -0.426 e. The molecule has 0 aliphatic carbocycles. The van der Waals surface area contributed by atoms with Gasteiger partial charge < -0.3 is 9.15 Å². The summed E-state index contributed by atoms with van der Waals surface area (Å²) >= 11 is 0. The summed E-state index contributed by atoms with van der Waals surface area (Å²) in [6.45, 7) is 1.39. The standard InChI is InChI=1S/C15H15NO4/c1-12(17)16(18)11-5-8-14-9-10-15(20-14)19-13-6-3-2-4-7-13/h2-10,18H,11H2,1H3. The first-order valence-electron chi connectivity index (χ1n) is 6.11. The van der Waals surface area contributed by atoms with Crippen LogP contribution in [-0.2, 0) is 4.79 Å². The molecule has 1 aromatic heterocycles. The number of amides is 1. The molecule has 2 rings (SSSR count). The van der Waals surface area contributed by atoms with Gasteiger partial charge in [-0.15, -0.1) is 0 Å². The van der Waals surface area contributed by atoms with E-state index in [4.69, 9.17) is 9.15 Å². The molecule has 1 heterocycles. The Morgan fingerprint density at radius 3 is 2.75 bits per heavy atom. The molecule has 0 spiro atoms. The van der Waals surface area contributed by atoms with Gasteiger partial charge in [-0.05, 0) is 24.3 Å². The highest BCUT2D eigenvalue weighted by molar-refractivity contribution is 5.72. The van der Waals surface area contributed by atoms with Crippen LogP contribution in [0.25, 0.3) is 6.08 Å². The lowest BCUT2D eigenvalue weighted by Crippen LogP contribution is -2.24. The summed E-state index contributed by atoms with van der Waals surface area (Å²) in [4.78, 5) is 10.8. The van der Waals surface area contributed by atoms with E-state index < -0.39 is 5.91 Å². The van der Waals surface area contributed by atoms with E-state index in [-0.39, 0.29) is 6.54 Å². The number of benzene rings is 1. The van der Waals surface area contributed by atoms with Gasteiger partial charge >= 0.3 is 0 Å². The lowest BCUT2D eigenvalue weighted by Gasteiger charge is -2.07. The number of hydrogen-bond acceptors (Lipinski definition) is 4. The molecule has 2 aromatic rings. The van der Waals surface area contributed by atoms with Gasteiger partial charge in [-0.25, -0.2) is 5.06 Å². The van der Waals surface area contributed by atoms with Gasteiger partial charge in [-0.1, -0.05) is 24.3 Å². The zero-order valence-corrected chi connectivity index (χ0v) is 11.0. The summed E-state index contributed by atoms with van der Waals surface area (Å²) in [5, 5.41) is 9.79. The van der Waals surface area contributed by atoms with Crippen molar-refractivity contribution in [3.05, 3.63) is 54.3 Å². The average Bonchev–Trinajstić information content (AvgIpc) is 2.87. The van der Waals surface area contributed by atoms with E-state index in [0.29, 0.717) is 22.5 Å². The number of carbonyl (C=O) groups excluding carboxylic acids is 1. The molecule has 0 atom stereocenters. The third-order valence-electron chi connectivity index (χ3n) is 2.49. The molecule has 0 radical (unpaired) electrons. The summed E-state index contributed by atoms with van der Waals surface area (Å²) in [5.41, 5.74) is 0. The van der Waals surface area contributed by atoms with Crippen LogP contribution >= 0.6 is 0 Å². The van der Waals surface area contributed by atoms with E-state index in [9.17, 15) is 10.0 Å². The molecule has 1 aromatic carbocycles. The van der Waals surface area contributed by atoms with E-state index in [1.807, 2.05) is 30.3 Å². The molecular formula is C15H15NO4. The highest BCUT2D eigenvalue weighted by atomic mass is 16.6. The first kappa shape index (κ1) is 13.9. The number of ether oxygens (including phenoxy) is 1. The van der Waals surface area contributed by atoms with Crippen LogP contribution in [0.3, 0.4) is 0 Å². The van der Waals surface area contributed by atoms with E-state index in [2.05, 4.69) is 0 Å². The van der Waals surface area contributed by atoms with Crippen molar-refractivity contribution in [2.45, 2.75) is 6.92 Å². The first-order chi connectivity index (χ1) is 9.65. The molecule has 1 N–H and O–H groups in total. The molecule has 104 valence electrons. The van der Waals surface area contributed by atoms with Crippen LogP contribution in [-0.4, -0.2) is 22.7 Å². The molecule has 5 heteroatoms. The van der Waals surface area contributed by atoms with Crippen LogP contribution in [0.1, 0.15) is 12.7 Å². The predicted molar refractivity (Wildman–Crippen MR) is 73.4 cm³/mol. The van der Waals surface area contributed by atoms with Crippen molar-refractivity contribution in [2.24, 2.45) is 0 Å². The van der Waals surface area contributed by atoms with Gasteiger partial charge in [0, 0.05) is 13.0 Å². The van der Waals surface area contributed by atoms with Crippen LogP contribution in [0, 0.1) is 0 Å². The first-order valence-corrected chi connectivity index (χ1v) is 6.11. The normalized spacial score (nSPS) is 10.7. The van der Waals surface area contributed by atoms with Crippen molar-refractivity contribution in [3.8, 4) is 11.7 Å². The molecule has 1 amide bonds. The smallest absolute Gasteiger partial charge is 0.290 e. The van der Waals surface area contributed by atoms with Gasteiger partial charge in [-0.3, -0.25) is 10.0 Å². The second-order valence-corrected chi connectivity index (χ2v) is 4.08. The number of furan rings is 1. The zero-order chi connectivity index (χ0) is 14.4. The molecule has 0 unspecified atom stereocenters. The Morgan fingerprint density at radius 2 is 2.05 bits per heavy atom. The SMILES string of the molecule is CC(=O)N(O)CC=Cc1ccc(Oc2ccccc2)o1. The number of carbonyl (C=O) groups is 1. The van der Waals surface area contributed by atoms with E-state index in [1.54, 1.807) is 24.3 Å². The van der Waals surface area contributed by atoms with Crippen molar-refractivity contribution in [2.75, 3.05) is 6.54 Å². The van der Waals surface area contributed by atoms with Gasteiger partial charge in [0.15, 0.2) is 0 Å². The Labute approximate surface area is 116 Å². The van der Waals surface area contributed by atoms with Crippen LogP contribution in [0.5, 0.6) is 11.7 Å². The molecule has 0 saturated carbocycles. The van der Waals surface area contributed by atoms with Crippen LogP contribution in [0.2, 0.25) is 0 Å². The third kappa shape index (κ3) is 4.00. The molecule has 5 nitrogen and oxygen atoms in total. The van der Waals surface area contributed by atoms with Crippen molar-refractivity contribution in [3.63, 3.8) is 0 Å². The Kier molecular flexibility index (Phi) is 4.57. The maximum atomic E-state index is 10.8. The highest BCUT2D eigenvalue weighted by Crippen LogP contribution is 2.23. The molecule has 20 heavy (non-hydrogen) atoms. The summed E-state index contributed by atoms with van der Waals surface area (Å²) < 4.78 is 10.9. The second-order valence-electron chi connectivity index (χ2n) is 4.08. The van der Waals surface area contributed by atoms with Crippen molar-refractivity contribution in [1.82, 2.24) is 5.06 Å². The molecule has 0 saturated heterocycles. The maximum absolute atomic E-state index is 10.8. The monoisotopic (exact) mass is 273 g/mol.